The van der Waals surface area contributed by atoms with Crippen molar-refractivity contribution in [3.8, 4) is 0 Å². The lowest BCUT2D eigenvalue weighted by Gasteiger charge is -2.17. The SMILES string of the molecule is COC(=O)c1ccc(CN(C)C(=O)c2ccc3nccn3c2)cc1. The number of hydrogen-bond donors (Lipinski definition) is 0. The first kappa shape index (κ1) is 15.7. The second-order valence-corrected chi connectivity index (χ2v) is 5.46. The van der Waals surface area contributed by atoms with Crippen LogP contribution in [-0.4, -0.2) is 40.3 Å². The molecule has 122 valence electrons. The summed E-state index contributed by atoms with van der Waals surface area (Å²) in [4.78, 5) is 29.8. The molecule has 0 spiro atoms. The Hall–Kier alpha value is -3.15. The number of methoxy groups -OCH3 is 1. The topological polar surface area (TPSA) is 63.9 Å². The van der Waals surface area contributed by atoms with E-state index in [0.717, 1.165) is 11.2 Å². The van der Waals surface area contributed by atoms with E-state index in [4.69, 9.17) is 0 Å². The zero-order valence-corrected chi connectivity index (χ0v) is 13.5. The largest absolute Gasteiger partial charge is 0.465 e. The Morgan fingerprint density at radius 2 is 1.83 bits per heavy atom. The Bertz CT molecular complexity index is 884. The first-order valence-electron chi connectivity index (χ1n) is 7.44. The molecule has 0 aliphatic carbocycles. The average Bonchev–Trinajstić information content (AvgIpc) is 3.08. The van der Waals surface area contributed by atoms with Gasteiger partial charge >= 0.3 is 5.97 Å². The number of carbonyl (C=O) groups is 2. The van der Waals surface area contributed by atoms with Gasteiger partial charge in [-0.2, -0.15) is 0 Å². The Morgan fingerprint density at radius 1 is 1.12 bits per heavy atom. The molecule has 2 heterocycles. The smallest absolute Gasteiger partial charge is 0.337 e. The van der Waals surface area contributed by atoms with Gasteiger partial charge in [0.1, 0.15) is 5.65 Å². The fraction of sp³-hybridized carbons (Fsp3) is 0.167. The van der Waals surface area contributed by atoms with Crippen molar-refractivity contribution in [1.82, 2.24) is 14.3 Å². The third kappa shape index (κ3) is 3.12. The first-order valence-corrected chi connectivity index (χ1v) is 7.44. The number of rotatable bonds is 4. The summed E-state index contributed by atoms with van der Waals surface area (Å²) in [6.07, 6.45) is 5.26. The van der Waals surface area contributed by atoms with Crippen LogP contribution in [0.4, 0.5) is 0 Å². The van der Waals surface area contributed by atoms with Crippen molar-refractivity contribution in [3.05, 3.63) is 71.7 Å². The summed E-state index contributed by atoms with van der Waals surface area (Å²) in [7, 11) is 3.09. The molecule has 1 aromatic carbocycles. The average molecular weight is 323 g/mol. The van der Waals surface area contributed by atoms with Gasteiger partial charge in [0.15, 0.2) is 0 Å². The summed E-state index contributed by atoms with van der Waals surface area (Å²) in [5, 5.41) is 0. The predicted octanol–water partition coefficient (Wildman–Crippen LogP) is 2.39. The van der Waals surface area contributed by atoms with Crippen LogP contribution in [0.1, 0.15) is 26.3 Å². The molecule has 0 N–H and O–H groups in total. The highest BCUT2D eigenvalue weighted by atomic mass is 16.5. The molecule has 0 aliphatic heterocycles. The maximum Gasteiger partial charge on any atom is 0.337 e. The van der Waals surface area contributed by atoms with Crippen LogP contribution in [0.2, 0.25) is 0 Å². The zero-order chi connectivity index (χ0) is 17.1. The van der Waals surface area contributed by atoms with Crippen molar-refractivity contribution in [2.24, 2.45) is 0 Å². The standard InChI is InChI=1S/C18H17N3O3/c1-20(11-13-3-5-14(6-4-13)18(23)24-2)17(22)15-7-8-16-19-9-10-21(16)12-15/h3-10,12H,11H2,1-2H3. The molecule has 0 radical (unpaired) electrons. The van der Waals surface area contributed by atoms with Gasteiger partial charge < -0.3 is 14.0 Å². The number of aromatic nitrogens is 2. The van der Waals surface area contributed by atoms with Crippen LogP contribution >= 0.6 is 0 Å². The molecule has 1 amide bonds. The van der Waals surface area contributed by atoms with Crippen LogP contribution in [0.25, 0.3) is 5.65 Å². The lowest BCUT2D eigenvalue weighted by molar-refractivity contribution is 0.0600. The normalized spacial score (nSPS) is 10.6. The van der Waals surface area contributed by atoms with Crippen LogP contribution in [0, 0.1) is 0 Å². The van der Waals surface area contributed by atoms with E-state index < -0.39 is 0 Å². The Kier molecular flexibility index (Phi) is 4.29. The predicted molar refractivity (Wildman–Crippen MR) is 88.8 cm³/mol. The van der Waals surface area contributed by atoms with Gasteiger partial charge in [-0.3, -0.25) is 4.79 Å². The molecule has 0 unspecified atom stereocenters. The van der Waals surface area contributed by atoms with Crippen LogP contribution in [0.3, 0.4) is 0 Å². The number of pyridine rings is 1. The minimum Gasteiger partial charge on any atom is -0.465 e. The highest BCUT2D eigenvalue weighted by Gasteiger charge is 2.13. The molecule has 2 aromatic heterocycles. The van der Waals surface area contributed by atoms with E-state index in [2.05, 4.69) is 9.72 Å². The molecule has 3 rings (SSSR count). The number of benzene rings is 1. The Morgan fingerprint density at radius 3 is 2.54 bits per heavy atom. The van der Waals surface area contributed by atoms with E-state index in [1.807, 2.05) is 22.6 Å². The minimum atomic E-state index is -0.375. The number of esters is 1. The van der Waals surface area contributed by atoms with E-state index in [1.165, 1.54) is 7.11 Å². The molecule has 6 nitrogen and oxygen atoms in total. The van der Waals surface area contributed by atoms with E-state index in [1.54, 1.807) is 48.7 Å². The monoisotopic (exact) mass is 323 g/mol. The van der Waals surface area contributed by atoms with E-state index in [-0.39, 0.29) is 11.9 Å². The van der Waals surface area contributed by atoms with Crippen molar-refractivity contribution in [2.75, 3.05) is 14.2 Å². The Balaban J connectivity index is 1.72. The zero-order valence-electron chi connectivity index (χ0n) is 13.5. The molecule has 0 saturated carbocycles. The van der Waals surface area contributed by atoms with Crippen molar-refractivity contribution >= 4 is 17.5 Å². The van der Waals surface area contributed by atoms with Gasteiger partial charge in [-0.25, -0.2) is 9.78 Å². The van der Waals surface area contributed by atoms with Crippen molar-refractivity contribution < 1.29 is 14.3 Å². The molecule has 3 aromatic rings. The van der Waals surface area contributed by atoms with Gasteiger partial charge in [-0.05, 0) is 29.8 Å². The van der Waals surface area contributed by atoms with Crippen LogP contribution in [0.15, 0.2) is 55.0 Å². The van der Waals surface area contributed by atoms with Crippen LogP contribution < -0.4 is 0 Å². The number of imidazole rings is 1. The summed E-state index contributed by atoms with van der Waals surface area (Å²) in [5.74, 6) is -0.456. The summed E-state index contributed by atoms with van der Waals surface area (Å²) >= 11 is 0. The molecule has 0 atom stereocenters. The Labute approximate surface area is 139 Å². The van der Waals surface area contributed by atoms with Gasteiger partial charge in [0, 0.05) is 32.2 Å². The van der Waals surface area contributed by atoms with E-state index in [9.17, 15) is 9.59 Å². The molecule has 0 bridgehead atoms. The summed E-state index contributed by atoms with van der Waals surface area (Å²) in [5.41, 5.74) is 2.81. The quantitative estimate of drug-likeness (QED) is 0.692. The van der Waals surface area contributed by atoms with Crippen molar-refractivity contribution in [3.63, 3.8) is 0 Å². The summed E-state index contributed by atoms with van der Waals surface area (Å²) in [6, 6.07) is 10.6. The van der Waals surface area contributed by atoms with Gasteiger partial charge in [0.05, 0.1) is 18.2 Å². The molecule has 24 heavy (non-hydrogen) atoms. The number of amides is 1. The highest BCUT2D eigenvalue weighted by Crippen LogP contribution is 2.12. The molecular formula is C18H17N3O3. The highest BCUT2D eigenvalue weighted by molar-refractivity contribution is 5.94. The maximum atomic E-state index is 12.6. The van der Waals surface area contributed by atoms with Gasteiger partial charge in [-0.15, -0.1) is 0 Å². The molecule has 0 aliphatic rings. The number of ether oxygens (including phenoxy) is 1. The third-order valence-electron chi connectivity index (χ3n) is 3.78. The van der Waals surface area contributed by atoms with Gasteiger partial charge in [0.2, 0.25) is 0 Å². The number of carbonyl (C=O) groups excluding carboxylic acids is 2. The van der Waals surface area contributed by atoms with Crippen molar-refractivity contribution in [1.29, 1.82) is 0 Å². The first-order chi connectivity index (χ1) is 11.6. The number of fused-ring (bicyclic) bond motifs is 1. The number of nitrogens with zero attached hydrogens (tertiary/aromatic N) is 3. The fourth-order valence-corrected chi connectivity index (χ4v) is 2.48. The van der Waals surface area contributed by atoms with E-state index in [0.29, 0.717) is 17.7 Å². The molecular weight excluding hydrogens is 306 g/mol. The lowest BCUT2D eigenvalue weighted by Crippen LogP contribution is -2.26. The van der Waals surface area contributed by atoms with Gasteiger partial charge in [-0.1, -0.05) is 12.1 Å². The lowest BCUT2D eigenvalue weighted by atomic mass is 10.1. The second-order valence-electron chi connectivity index (χ2n) is 5.46. The third-order valence-corrected chi connectivity index (χ3v) is 3.78. The summed E-state index contributed by atoms with van der Waals surface area (Å²) in [6.45, 7) is 0.447. The van der Waals surface area contributed by atoms with Crippen molar-refractivity contribution in [2.45, 2.75) is 6.54 Å². The summed E-state index contributed by atoms with van der Waals surface area (Å²) < 4.78 is 6.48. The van der Waals surface area contributed by atoms with Gasteiger partial charge in [0.25, 0.3) is 5.91 Å². The minimum absolute atomic E-state index is 0.0809. The fourth-order valence-electron chi connectivity index (χ4n) is 2.48. The van der Waals surface area contributed by atoms with Crippen LogP contribution in [0.5, 0.6) is 0 Å². The molecule has 0 saturated heterocycles. The van der Waals surface area contributed by atoms with E-state index >= 15 is 0 Å². The molecule has 6 heteroatoms. The van der Waals surface area contributed by atoms with Crippen LogP contribution in [-0.2, 0) is 11.3 Å². The molecule has 0 fully saturated rings. The maximum absolute atomic E-state index is 12.6. The number of hydrogen-bond acceptors (Lipinski definition) is 4. The second kappa shape index (κ2) is 6.54.